The highest BCUT2D eigenvalue weighted by atomic mass is 16.6. The molecule has 1 aliphatic carbocycles. The smallest absolute Gasteiger partial charge is 0.411 e. The van der Waals surface area contributed by atoms with E-state index in [0.717, 1.165) is 25.7 Å². The van der Waals surface area contributed by atoms with Gasteiger partial charge in [-0.2, -0.15) is 0 Å². The molecule has 7 heteroatoms. The van der Waals surface area contributed by atoms with Crippen molar-refractivity contribution in [2.45, 2.75) is 96.9 Å². The molecule has 0 spiro atoms. The highest BCUT2D eigenvalue weighted by Crippen LogP contribution is 2.33. The number of amides is 2. The Bertz CT molecular complexity index is 578. The van der Waals surface area contributed by atoms with Crippen molar-refractivity contribution in [3.05, 3.63) is 0 Å². The highest BCUT2D eigenvalue weighted by Gasteiger charge is 2.46. The largest absolute Gasteiger partial charge is 0.467 e. The van der Waals surface area contributed by atoms with Gasteiger partial charge in [0.25, 0.3) is 0 Å². The Hall–Kier alpha value is -1.79. The van der Waals surface area contributed by atoms with Crippen LogP contribution in [0.1, 0.15) is 73.1 Å². The fourth-order valence-corrected chi connectivity index (χ4v) is 4.31. The first kappa shape index (κ1) is 22.5. The molecule has 1 saturated heterocycles. The van der Waals surface area contributed by atoms with E-state index in [1.165, 1.54) is 12.0 Å². The van der Waals surface area contributed by atoms with Gasteiger partial charge in [-0.05, 0) is 52.4 Å². The Labute approximate surface area is 168 Å². The summed E-state index contributed by atoms with van der Waals surface area (Å²) in [5, 5.41) is 0. The van der Waals surface area contributed by atoms with Crippen molar-refractivity contribution < 1.29 is 23.9 Å². The van der Waals surface area contributed by atoms with Crippen molar-refractivity contribution in [1.29, 1.82) is 0 Å². The van der Waals surface area contributed by atoms with Crippen molar-refractivity contribution in [2.24, 2.45) is 5.92 Å². The number of hydrogen-bond acceptors (Lipinski definition) is 5. The van der Waals surface area contributed by atoms with Crippen LogP contribution in [0.3, 0.4) is 0 Å². The monoisotopic (exact) mass is 396 g/mol. The van der Waals surface area contributed by atoms with Crippen LogP contribution in [0.2, 0.25) is 0 Å². The van der Waals surface area contributed by atoms with Crippen molar-refractivity contribution in [3.8, 4) is 0 Å². The molecule has 28 heavy (non-hydrogen) atoms. The molecular formula is C21H36N2O5. The molecule has 2 atom stereocenters. The zero-order valence-corrected chi connectivity index (χ0v) is 18.2. The first-order valence-electron chi connectivity index (χ1n) is 10.5. The van der Waals surface area contributed by atoms with E-state index in [1.807, 2.05) is 11.8 Å². The molecule has 1 heterocycles. The molecule has 2 amide bonds. The molecule has 0 bridgehead atoms. The third-order valence-corrected chi connectivity index (χ3v) is 5.74. The van der Waals surface area contributed by atoms with E-state index >= 15 is 0 Å². The van der Waals surface area contributed by atoms with E-state index in [2.05, 4.69) is 6.92 Å². The van der Waals surface area contributed by atoms with Crippen molar-refractivity contribution in [1.82, 2.24) is 9.80 Å². The number of rotatable bonds is 4. The molecule has 7 nitrogen and oxygen atoms in total. The molecule has 160 valence electrons. The standard InChI is InChI=1S/C21H36N2O5/c1-7-18(24)23(15-10-8-14(2)9-11-15)16-12-17(19(25)27-6)22(13-16)20(26)28-21(3,4)5/h14-17H,7-13H2,1-6H3/t14?,15?,16-,17-/m0/s1. The summed E-state index contributed by atoms with van der Waals surface area (Å²) >= 11 is 0. The summed E-state index contributed by atoms with van der Waals surface area (Å²) in [4.78, 5) is 41.2. The lowest BCUT2D eigenvalue weighted by molar-refractivity contribution is -0.146. The maximum atomic E-state index is 12.8. The fourth-order valence-electron chi connectivity index (χ4n) is 4.31. The van der Waals surface area contributed by atoms with Crippen LogP contribution >= 0.6 is 0 Å². The average Bonchev–Trinajstić information content (AvgIpc) is 3.06. The maximum absolute atomic E-state index is 12.8. The molecular weight excluding hydrogens is 360 g/mol. The summed E-state index contributed by atoms with van der Waals surface area (Å²) < 4.78 is 10.4. The van der Waals surface area contributed by atoms with Crippen molar-refractivity contribution in [2.75, 3.05) is 13.7 Å². The van der Waals surface area contributed by atoms with Gasteiger partial charge in [-0.15, -0.1) is 0 Å². The predicted octanol–water partition coefficient (Wildman–Crippen LogP) is 3.35. The minimum absolute atomic E-state index is 0.0826. The van der Waals surface area contributed by atoms with Gasteiger partial charge in [-0.3, -0.25) is 9.69 Å². The summed E-state index contributed by atoms with van der Waals surface area (Å²) in [6, 6.07) is -0.743. The molecule has 0 radical (unpaired) electrons. The quantitative estimate of drug-likeness (QED) is 0.681. The number of carbonyl (C=O) groups is 3. The van der Waals surface area contributed by atoms with E-state index in [-0.39, 0.29) is 18.0 Å². The second-order valence-electron chi connectivity index (χ2n) is 9.13. The third-order valence-electron chi connectivity index (χ3n) is 5.74. The number of carbonyl (C=O) groups excluding carboxylic acids is 3. The van der Waals surface area contributed by atoms with Gasteiger partial charge < -0.3 is 14.4 Å². The van der Waals surface area contributed by atoms with Crippen molar-refractivity contribution in [3.63, 3.8) is 0 Å². The van der Waals surface area contributed by atoms with Gasteiger partial charge in [0.05, 0.1) is 13.2 Å². The summed E-state index contributed by atoms with van der Waals surface area (Å²) in [6.07, 6.45) is 4.41. The summed E-state index contributed by atoms with van der Waals surface area (Å²) in [6.45, 7) is 9.78. The summed E-state index contributed by atoms with van der Waals surface area (Å²) in [7, 11) is 1.32. The van der Waals surface area contributed by atoms with E-state index in [4.69, 9.17) is 9.47 Å². The topological polar surface area (TPSA) is 76.2 Å². The number of ether oxygens (including phenoxy) is 2. The molecule has 0 aromatic heterocycles. The Morgan fingerprint density at radius 1 is 1.07 bits per heavy atom. The average molecular weight is 397 g/mol. The van der Waals surface area contributed by atoms with Gasteiger partial charge in [0.1, 0.15) is 11.6 Å². The SMILES string of the molecule is CCC(=O)N(C1CCC(C)CC1)[C@H]1C[C@@H](C(=O)OC)N(C(=O)OC(C)(C)C)C1. The van der Waals surface area contributed by atoms with Gasteiger partial charge in [-0.1, -0.05) is 13.8 Å². The summed E-state index contributed by atoms with van der Waals surface area (Å²) in [5.41, 5.74) is -0.658. The lowest BCUT2D eigenvalue weighted by atomic mass is 9.85. The number of methoxy groups -OCH3 is 1. The molecule has 0 unspecified atom stereocenters. The van der Waals surface area contributed by atoms with Gasteiger partial charge >= 0.3 is 12.1 Å². The zero-order chi connectivity index (χ0) is 21.1. The van der Waals surface area contributed by atoms with E-state index in [1.54, 1.807) is 20.8 Å². The first-order valence-corrected chi connectivity index (χ1v) is 10.5. The summed E-state index contributed by atoms with van der Waals surface area (Å²) in [5.74, 6) is 0.299. The van der Waals surface area contributed by atoms with Crippen LogP contribution in [0.4, 0.5) is 4.79 Å². The van der Waals surface area contributed by atoms with Gasteiger partial charge in [0.15, 0.2) is 0 Å². The minimum Gasteiger partial charge on any atom is -0.467 e. The van der Waals surface area contributed by atoms with E-state index in [0.29, 0.717) is 25.3 Å². The molecule has 2 fully saturated rings. The Morgan fingerprint density at radius 2 is 1.68 bits per heavy atom. The molecule has 2 aliphatic rings. The van der Waals surface area contributed by atoms with Crippen LogP contribution in [0.5, 0.6) is 0 Å². The minimum atomic E-state index is -0.723. The van der Waals surface area contributed by atoms with E-state index < -0.39 is 23.7 Å². The van der Waals surface area contributed by atoms with Crippen molar-refractivity contribution >= 4 is 18.0 Å². The van der Waals surface area contributed by atoms with Crippen LogP contribution in [0.15, 0.2) is 0 Å². The van der Waals surface area contributed by atoms with Crippen LogP contribution in [0.25, 0.3) is 0 Å². The fraction of sp³-hybridized carbons (Fsp3) is 0.857. The normalized spacial score (nSPS) is 28.0. The van der Waals surface area contributed by atoms with Crippen LogP contribution in [-0.2, 0) is 19.1 Å². The Kier molecular flexibility index (Phi) is 7.34. The highest BCUT2D eigenvalue weighted by molar-refractivity contribution is 5.83. The molecule has 0 aromatic carbocycles. The van der Waals surface area contributed by atoms with Gasteiger partial charge in [-0.25, -0.2) is 9.59 Å². The number of hydrogen-bond donors (Lipinski definition) is 0. The maximum Gasteiger partial charge on any atom is 0.411 e. The van der Waals surface area contributed by atoms with E-state index in [9.17, 15) is 14.4 Å². The second kappa shape index (κ2) is 9.14. The first-order chi connectivity index (χ1) is 13.1. The number of esters is 1. The number of nitrogens with zero attached hydrogens (tertiary/aromatic N) is 2. The lowest BCUT2D eigenvalue weighted by Crippen LogP contribution is -2.50. The van der Waals surface area contributed by atoms with Crippen LogP contribution < -0.4 is 0 Å². The third kappa shape index (κ3) is 5.39. The van der Waals surface area contributed by atoms with Gasteiger partial charge in [0, 0.05) is 25.4 Å². The van der Waals surface area contributed by atoms with Crippen LogP contribution in [0, 0.1) is 5.92 Å². The molecule has 0 N–H and O–H groups in total. The van der Waals surface area contributed by atoms with Crippen LogP contribution in [-0.4, -0.2) is 65.2 Å². The number of likely N-dealkylation sites (tertiary alicyclic amines) is 1. The Morgan fingerprint density at radius 3 is 2.18 bits per heavy atom. The second-order valence-corrected chi connectivity index (χ2v) is 9.13. The molecule has 1 saturated carbocycles. The van der Waals surface area contributed by atoms with Gasteiger partial charge in [0.2, 0.25) is 5.91 Å². The molecule has 0 aromatic rings. The zero-order valence-electron chi connectivity index (χ0n) is 18.2. The predicted molar refractivity (Wildman–Crippen MR) is 106 cm³/mol. The Balaban J connectivity index is 2.23. The molecule has 2 rings (SSSR count). The molecule has 1 aliphatic heterocycles. The lowest BCUT2D eigenvalue weighted by Gasteiger charge is -2.40.